The number of fused-ring (bicyclic) bond motifs is 2. The highest BCUT2D eigenvalue weighted by atomic mass is 79.9. The molecule has 0 bridgehead atoms. The number of carboxylic acids is 1. The van der Waals surface area contributed by atoms with Crippen molar-refractivity contribution in [3.8, 4) is 11.5 Å². The molecule has 2 aromatic rings. The van der Waals surface area contributed by atoms with Gasteiger partial charge in [0.25, 0.3) is 0 Å². The normalized spacial score (nSPS) is 13.4. The smallest absolute Gasteiger partial charge is 0.315 e. The van der Waals surface area contributed by atoms with E-state index >= 15 is 0 Å². The summed E-state index contributed by atoms with van der Waals surface area (Å²) < 4.78 is 7.43. The van der Waals surface area contributed by atoms with Gasteiger partial charge in [0.1, 0.15) is 17.4 Å². The molecule has 3 rings (SSSR count). The zero-order valence-electron chi connectivity index (χ0n) is 9.56. The fourth-order valence-electron chi connectivity index (χ4n) is 2.23. The molecule has 0 saturated heterocycles. The summed E-state index contributed by atoms with van der Waals surface area (Å²) in [7, 11) is 0. The molecule has 1 aliphatic heterocycles. The third kappa shape index (κ3) is 2.17. The first-order valence-electron chi connectivity index (χ1n) is 5.56. The van der Waals surface area contributed by atoms with Crippen LogP contribution in [-0.2, 0) is 4.79 Å². The van der Waals surface area contributed by atoms with Gasteiger partial charge in [-0.05, 0) is 36.4 Å². The second kappa shape index (κ2) is 4.65. The molecular weight excluding hydrogens is 376 g/mol. The van der Waals surface area contributed by atoms with Crippen LogP contribution in [0.4, 0.5) is 0 Å². The van der Waals surface area contributed by atoms with Crippen molar-refractivity contribution in [3.05, 3.63) is 56.5 Å². The van der Waals surface area contributed by atoms with E-state index in [0.717, 1.165) is 8.95 Å². The first-order valence-corrected chi connectivity index (χ1v) is 7.14. The molecule has 1 aliphatic rings. The maximum atomic E-state index is 11.6. The molecule has 0 aromatic heterocycles. The van der Waals surface area contributed by atoms with Crippen LogP contribution in [0.2, 0.25) is 0 Å². The molecule has 0 amide bonds. The third-order valence-electron chi connectivity index (χ3n) is 3.03. The van der Waals surface area contributed by atoms with E-state index in [-0.39, 0.29) is 0 Å². The maximum Gasteiger partial charge on any atom is 0.315 e. The highest BCUT2D eigenvalue weighted by Crippen LogP contribution is 2.45. The summed E-state index contributed by atoms with van der Waals surface area (Å²) in [5, 5.41) is 9.53. The van der Waals surface area contributed by atoms with Gasteiger partial charge in [-0.15, -0.1) is 0 Å². The first kappa shape index (κ1) is 12.7. The molecule has 5 heteroatoms. The summed E-state index contributed by atoms with van der Waals surface area (Å²) in [4.78, 5) is 11.6. The Hall–Kier alpha value is -1.33. The Morgan fingerprint density at radius 3 is 1.89 bits per heavy atom. The molecule has 0 unspecified atom stereocenters. The molecule has 19 heavy (non-hydrogen) atoms. The van der Waals surface area contributed by atoms with Crippen molar-refractivity contribution in [1.82, 2.24) is 0 Å². The predicted molar refractivity (Wildman–Crippen MR) is 77.8 cm³/mol. The molecule has 0 radical (unpaired) electrons. The lowest BCUT2D eigenvalue weighted by atomic mass is 9.88. The SMILES string of the molecule is O=C(O)C1c2cc(Br)ccc2Oc2ccc(Br)cc21. The molecule has 2 aromatic carbocycles. The summed E-state index contributed by atoms with van der Waals surface area (Å²) in [6, 6.07) is 10.8. The minimum Gasteiger partial charge on any atom is -0.481 e. The van der Waals surface area contributed by atoms with Gasteiger partial charge in [-0.1, -0.05) is 31.9 Å². The number of carboxylic acid groups (broad SMARTS) is 1. The topological polar surface area (TPSA) is 46.5 Å². The number of halogens is 2. The number of rotatable bonds is 1. The highest BCUT2D eigenvalue weighted by Gasteiger charge is 2.32. The Morgan fingerprint density at radius 2 is 1.47 bits per heavy atom. The third-order valence-corrected chi connectivity index (χ3v) is 4.02. The molecule has 0 spiro atoms. The van der Waals surface area contributed by atoms with E-state index in [1.54, 1.807) is 24.3 Å². The zero-order chi connectivity index (χ0) is 13.6. The lowest BCUT2D eigenvalue weighted by molar-refractivity contribution is -0.137. The van der Waals surface area contributed by atoms with Gasteiger partial charge in [0.2, 0.25) is 0 Å². The second-order valence-corrected chi connectivity index (χ2v) is 6.07. The fourth-order valence-corrected chi connectivity index (χ4v) is 2.99. The zero-order valence-corrected chi connectivity index (χ0v) is 12.7. The standard InChI is InChI=1S/C14H8Br2O3/c15-7-1-3-11-9(5-7)13(14(17)18)10-6-8(16)2-4-12(10)19-11/h1-6,13H,(H,17,18). The predicted octanol–water partition coefficient (Wildman–Crippen LogP) is 4.53. The average Bonchev–Trinajstić information content (AvgIpc) is 2.35. The Kier molecular flexibility index (Phi) is 3.11. The number of benzene rings is 2. The van der Waals surface area contributed by atoms with Crippen molar-refractivity contribution < 1.29 is 14.6 Å². The van der Waals surface area contributed by atoms with Crippen molar-refractivity contribution in [1.29, 1.82) is 0 Å². The van der Waals surface area contributed by atoms with Crippen LogP contribution < -0.4 is 4.74 Å². The van der Waals surface area contributed by atoms with Gasteiger partial charge in [0, 0.05) is 20.1 Å². The fraction of sp³-hybridized carbons (Fsp3) is 0.0714. The molecular formula is C14H8Br2O3. The lowest BCUT2D eigenvalue weighted by Gasteiger charge is -2.26. The minimum atomic E-state index is -0.887. The van der Waals surface area contributed by atoms with Gasteiger partial charge in [-0.25, -0.2) is 0 Å². The second-order valence-electron chi connectivity index (χ2n) is 4.24. The molecule has 0 saturated carbocycles. The van der Waals surface area contributed by atoms with Gasteiger partial charge in [-0.3, -0.25) is 4.79 Å². The Morgan fingerprint density at radius 1 is 1.00 bits per heavy atom. The average molecular weight is 384 g/mol. The number of hydrogen-bond acceptors (Lipinski definition) is 2. The van der Waals surface area contributed by atoms with E-state index in [1.165, 1.54) is 0 Å². The number of aliphatic carboxylic acids is 1. The van der Waals surface area contributed by atoms with Crippen LogP contribution in [0.15, 0.2) is 45.3 Å². The molecule has 1 N–H and O–H groups in total. The first-order chi connectivity index (χ1) is 9.06. The molecule has 3 nitrogen and oxygen atoms in total. The van der Waals surface area contributed by atoms with Gasteiger partial charge >= 0.3 is 5.97 Å². The van der Waals surface area contributed by atoms with Crippen LogP contribution in [0.1, 0.15) is 17.0 Å². The van der Waals surface area contributed by atoms with E-state index < -0.39 is 11.9 Å². The number of carbonyl (C=O) groups is 1. The van der Waals surface area contributed by atoms with Crippen molar-refractivity contribution >= 4 is 37.8 Å². The van der Waals surface area contributed by atoms with E-state index in [4.69, 9.17) is 4.74 Å². The van der Waals surface area contributed by atoms with Crippen molar-refractivity contribution in [2.24, 2.45) is 0 Å². The van der Waals surface area contributed by atoms with E-state index in [0.29, 0.717) is 22.6 Å². The summed E-state index contributed by atoms with van der Waals surface area (Å²) in [6.07, 6.45) is 0. The van der Waals surface area contributed by atoms with Crippen LogP contribution >= 0.6 is 31.9 Å². The van der Waals surface area contributed by atoms with Crippen molar-refractivity contribution in [3.63, 3.8) is 0 Å². The number of hydrogen-bond donors (Lipinski definition) is 1. The van der Waals surface area contributed by atoms with E-state index in [9.17, 15) is 9.90 Å². The highest BCUT2D eigenvalue weighted by molar-refractivity contribution is 9.10. The van der Waals surface area contributed by atoms with E-state index in [2.05, 4.69) is 31.9 Å². The quantitative estimate of drug-likeness (QED) is 0.786. The van der Waals surface area contributed by atoms with Gasteiger partial charge in [0.05, 0.1) is 0 Å². The van der Waals surface area contributed by atoms with Crippen molar-refractivity contribution in [2.45, 2.75) is 5.92 Å². The van der Waals surface area contributed by atoms with E-state index in [1.807, 2.05) is 12.1 Å². The van der Waals surface area contributed by atoms with Crippen LogP contribution in [0.25, 0.3) is 0 Å². The molecule has 0 aliphatic carbocycles. The van der Waals surface area contributed by atoms with Crippen LogP contribution in [-0.4, -0.2) is 11.1 Å². The summed E-state index contributed by atoms with van der Waals surface area (Å²) in [5.74, 6) is -0.424. The molecule has 0 atom stereocenters. The Labute approximate surface area is 126 Å². The van der Waals surface area contributed by atoms with Crippen LogP contribution in [0.5, 0.6) is 11.5 Å². The molecule has 96 valence electrons. The lowest BCUT2D eigenvalue weighted by Crippen LogP contribution is -2.18. The van der Waals surface area contributed by atoms with Gasteiger partial charge < -0.3 is 9.84 Å². The van der Waals surface area contributed by atoms with Gasteiger partial charge in [-0.2, -0.15) is 0 Å². The monoisotopic (exact) mass is 382 g/mol. The molecule has 0 fully saturated rings. The summed E-state index contributed by atoms with van der Waals surface area (Å²) in [5.41, 5.74) is 1.32. The summed E-state index contributed by atoms with van der Waals surface area (Å²) >= 11 is 6.73. The van der Waals surface area contributed by atoms with Crippen molar-refractivity contribution in [2.75, 3.05) is 0 Å². The molecule has 1 heterocycles. The Balaban J connectivity index is 2.25. The van der Waals surface area contributed by atoms with Crippen LogP contribution in [0, 0.1) is 0 Å². The Bertz CT molecular complexity index is 631. The summed E-state index contributed by atoms with van der Waals surface area (Å²) in [6.45, 7) is 0. The maximum absolute atomic E-state index is 11.6. The van der Waals surface area contributed by atoms with Crippen LogP contribution in [0.3, 0.4) is 0 Å². The minimum absolute atomic E-state index is 0.588. The number of ether oxygens (including phenoxy) is 1. The van der Waals surface area contributed by atoms with Gasteiger partial charge in [0.15, 0.2) is 0 Å². The largest absolute Gasteiger partial charge is 0.481 e.